The number of halogens is 4. The quantitative estimate of drug-likeness (QED) is 0.193. The van der Waals surface area contributed by atoms with Crippen molar-refractivity contribution < 1.29 is 22.7 Å². The van der Waals surface area contributed by atoms with Crippen molar-refractivity contribution in [3.63, 3.8) is 0 Å². The number of benzene rings is 2. The van der Waals surface area contributed by atoms with E-state index in [-0.39, 0.29) is 18.4 Å². The molecule has 4 rings (SSSR count). The highest BCUT2D eigenvalue weighted by Gasteiger charge is 2.33. The summed E-state index contributed by atoms with van der Waals surface area (Å²) in [6.45, 7) is 8.62. The van der Waals surface area contributed by atoms with Crippen LogP contribution in [0.15, 0.2) is 52.3 Å². The molecule has 0 spiro atoms. The average Bonchev–Trinajstić information content (AvgIpc) is 2.91. The molecule has 2 aliphatic rings. The summed E-state index contributed by atoms with van der Waals surface area (Å²) in [6, 6.07) is 12.0. The van der Waals surface area contributed by atoms with Gasteiger partial charge >= 0.3 is 12.1 Å². The lowest BCUT2D eigenvalue weighted by molar-refractivity contribution is -0.144. The van der Waals surface area contributed by atoms with Gasteiger partial charge in [0, 0.05) is 55.5 Å². The highest BCUT2D eigenvalue weighted by atomic mass is 35.5. The first-order valence-corrected chi connectivity index (χ1v) is 14.5. The molecule has 216 valence electrons. The lowest BCUT2D eigenvalue weighted by Crippen LogP contribution is -2.47. The maximum atomic E-state index is 13.4. The van der Waals surface area contributed by atoms with Crippen LogP contribution >= 0.6 is 24.2 Å². The number of hydrogen-bond acceptors (Lipinski definition) is 6. The van der Waals surface area contributed by atoms with Crippen LogP contribution in [0.25, 0.3) is 0 Å². The summed E-state index contributed by atoms with van der Waals surface area (Å²) in [5.41, 5.74) is 0.988. The van der Waals surface area contributed by atoms with Gasteiger partial charge in [0.15, 0.2) is 0 Å². The van der Waals surface area contributed by atoms with Crippen molar-refractivity contribution >= 4 is 41.5 Å². The highest BCUT2D eigenvalue weighted by Crippen LogP contribution is 2.49. The second kappa shape index (κ2) is 15.2. The minimum Gasteiger partial charge on any atom is -0.464 e. The molecular weight excluding hydrogens is 547 g/mol. The lowest BCUT2D eigenvalue weighted by Gasteiger charge is -2.36. The molecule has 10 heteroatoms. The fraction of sp³-hybridized carbons (Fsp3) is 0.552. The van der Waals surface area contributed by atoms with E-state index in [1.165, 1.54) is 23.9 Å². The average molecular weight is 586 g/mol. The number of piperazine rings is 1. The fourth-order valence-electron chi connectivity index (χ4n) is 4.99. The van der Waals surface area contributed by atoms with Gasteiger partial charge in [0.2, 0.25) is 0 Å². The second-order valence-electron chi connectivity index (χ2n) is 9.97. The lowest BCUT2D eigenvalue weighted by atomic mass is 10.1. The van der Waals surface area contributed by atoms with E-state index in [1.54, 1.807) is 6.07 Å². The zero-order valence-electron chi connectivity index (χ0n) is 22.5. The van der Waals surface area contributed by atoms with Crippen LogP contribution in [0.5, 0.6) is 0 Å². The molecule has 0 saturated carbocycles. The number of anilines is 2. The van der Waals surface area contributed by atoms with Crippen LogP contribution in [0.1, 0.15) is 51.0 Å². The van der Waals surface area contributed by atoms with Gasteiger partial charge in [-0.2, -0.15) is 13.2 Å². The molecule has 1 fully saturated rings. The van der Waals surface area contributed by atoms with Crippen molar-refractivity contribution in [1.82, 2.24) is 9.80 Å². The van der Waals surface area contributed by atoms with Crippen LogP contribution in [0, 0.1) is 0 Å². The standard InChI is InChI=1S/C29H38F3N3O2S.ClH/c1-2-3-4-5-11-28(36)37-21-20-34-18-16-33(17-19-34)14-8-15-35-24-9-6-7-10-26(24)38-27-13-12-23(22-25(27)35)29(30,31)32;/h6-7,9-10,12-13,22H,2-5,8,11,14-21H2,1H3;1H. The monoisotopic (exact) mass is 585 g/mol. The molecule has 0 aliphatic carbocycles. The van der Waals surface area contributed by atoms with Gasteiger partial charge in [0.05, 0.1) is 16.9 Å². The van der Waals surface area contributed by atoms with Crippen LogP contribution in [-0.4, -0.2) is 68.2 Å². The number of alkyl halides is 3. The van der Waals surface area contributed by atoms with Crippen molar-refractivity contribution in [1.29, 1.82) is 0 Å². The molecule has 5 nitrogen and oxygen atoms in total. The van der Waals surface area contributed by atoms with Crippen molar-refractivity contribution in [2.45, 2.75) is 61.4 Å². The molecule has 1 saturated heterocycles. The summed E-state index contributed by atoms with van der Waals surface area (Å²) in [7, 11) is 0. The molecule has 39 heavy (non-hydrogen) atoms. The third kappa shape index (κ3) is 9.03. The number of esters is 1. The summed E-state index contributed by atoms with van der Waals surface area (Å²) in [5, 5.41) is 0. The van der Waals surface area contributed by atoms with Gasteiger partial charge in [-0.05, 0) is 49.7 Å². The number of fused-ring (bicyclic) bond motifs is 2. The summed E-state index contributed by atoms with van der Waals surface area (Å²) in [5.74, 6) is -0.0960. The Morgan fingerprint density at radius 1 is 0.872 bits per heavy atom. The Kier molecular flexibility index (Phi) is 12.3. The number of rotatable bonds is 12. The molecule has 2 aliphatic heterocycles. The Balaban J connectivity index is 0.00000420. The van der Waals surface area contributed by atoms with Crippen LogP contribution < -0.4 is 4.90 Å². The maximum Gasteiger partial charge on any atom is 0.416 e. The Hall–Kier alpha value is -1.94. The molecule has 2 aromatic rings. The second-order valence-corrected chi connectivity index (χ2v) is 11.1. The number of hydrogen-bond donors (Lipinski definition) is 0. The maximum absolute atomic E-state index is 13.4. The number of unbranched alkanes of at least 4 members (excludes halogenated alkanes) is 3. The van der Waals surface area contributed by atoms with E-state index in [9.17, 15) is 18.0 Å². The molecule has 2 heterocycles. The van der Waals surface area contributed by atoms with E-state index >= 15 is 0 Å². The minimum atomic E-state index is -4.37. The number of ether oxygens (including phenoxy) is 1. The predicted molar refractivity (Wildman–Crippen MR) is 153 cm³/mol. The van der Waals surface area contributed by atoms with Crippen molar-refractivity contribution in [2.75, 3.05) is 57.3 Å². The molecule has 0 aromatic heterocycles. The van der Waals surface area contributed by atoms with Gasteiger partial charge in [-0.3, -0.25) is 9.69 Å². The summed E-state index contributed by atoms with van der Waals surface area (Å²) in [4.78, 5) is 20.6. The number of para-hydroxylation sites is 1. The minimum absolute atomic E-state index is 0. The third-order valence-electron chi connectivity index (χ3n) is 7.18. The normalized spacial score (nSPS) is 15.8. The molecule has 0 radical (unpaired) electrons. The van der Waals surface area contributed by atoms with Crippen molar-refractivity contribution in [3.05, 3.63) is 48.0 Å². The molecule has 2 aromatic carbocycles. The molecule has 0 amide bonds. The molecule has 0 bridgehead atoms. The number of carbonyl (C=O) groups excluding carboxylic acids is 1. The zero-order chi connectivity index (χ0) is 27.0. The summed E-state index contributed by atoms with van der Waals surface area (Å²) >= 11 is 1.52. The molecular formula is C29H39ClF3N3O2S. The largest absolute Gasteiger partial charge is 0.464 e. The van der Waals surface area contributed by atoms with E-state index in [2.05, 4.69) is 16.7 Å². The first kappa shape index (κ1) is 31.6. The topological polar surface area (TPSA) is 36.0 Å². The van der Waals surface area contributed by atoms with E-state index in [0.717, 1.165) is 86.9 Å². The van der Waals surface area contributed by atoms with Crippen molar-refractivity contribution in [3.8, 4) is 0 Å². The van der Waals surface area contributed by atoms with E-state index in [0.29, 0.717) is 25.3 Å². The van der Waals surface area contributed by atoms with E-state index in [4.69, 9.17) is 4.74 Å². The number of carbonyl (C=O) groups is 1. The van der Waals surface area contributed by atoms with Crippen LogP contribution in [0.2, 0.25) is 0 Å². The van der Waals surface area contributed by atoms with Gasteiger partial charge in [-0.25, -0.2) is 0 Å². The first-order valence-electron chi connectivity index (χ1n) is 13.7. The van der Waals surface area contributed by atoms with E-state index < -0.39 is 11.7 Å². The van der Waals surface area contributed by atoms with Crippen LogP contribution in [0.4, 0.5) is 24.5 Å². The predicted octanol–water partition coefficient (Wildman–Crippen LogP) is 7.25. The Morgan fingerprint density at radius 2 is 1.56 bits per heavy atom. The summed E-state index contributed by atoms with van der Waals surface area (Å²) in [6.07, 6.45) is 1.30. The van der Waals surface area contributed by atoms with Gasteiger partial charge in [0.1, 0.15) is 6.61 Å². The van der Waals surface area contributed by atoms with Gasteiger partial charge in [-0.1, -0.05) is 50.1 Å². The molecule has 0 N–H and O–H groups in total. The summed E-state index contributed by atoms with van der Waals surface area (Å²) < 4.78 is 45.7. The van der Waals surface area contributed by atoms with E-state index in [1.807, 2.05) is 29.2 Å². The fourth-order valence-corrected chi connectivity index (χ4v) is 6.07. The Bertz CT molecular complexity index is 1060. The van der Waals surface area contributed by atoms with Crippen LogP contribution in [-0.2, 0) is 15.7 Å². The van der Waals surface area contributed by atoms with Gasteiger partial charge < -0.3 is 14.5 Å². The smallest absolute Gasteiger partial charge is 0.416 e. The third-order valence-corrected chi connectivity index (χ3v) is 8.31. The molecule has 0 atom stereocenters. The first-order chi connectivity index (χ1) is 18.3. The zero-order valence-corrected chi connectivity index (χ0v) is 24.2. The highest BCUT2D eigenvalue weighted by molar-refractivity contribution is 7.99. The Labute approximate surface area is 240 Å². The van der Waals surface area contributed by atoms with Crippen LogP contribution in [0.3, 0.4) is 0 Å². The van der Waals surface area contributed by atoms with Gasteiger partial charge in [-0.15, -0.1) is 12.4 Å². The van der Waals surface area contributed by atoms with Crippen molar-refractivity contribution in [2.24, 2.45) is 0 Å². The SMILES string of the molecule is CCCCCCC(=O)OCCN1CCN(CCCN2c3ccccc3Sc3ccc(C(F)(F)F)cc32)CC1.Cl. The Morgan fingerprint density at radius 3 is 2.28 bits per heavy atom. The van der Waals surface area contributed by atoms with Gasteiger partial charge in [0.25, 0.3) is 0 Å². The molecule has 0 unspecified atom stereocenters. The number of nitrogens with zero attached hydrogens (tertiary/aromatic N) is 3.